The molecule has 0 aromatic heterocycles. The first-order valence-electron chi connectivity index (χ1n) is 15.3. The number of aliphatic hydroxyl groups is 1. The molecule has 1 aromatic carbocycles. The van der Waals surface area contributed by atoms with Crippen LogP contribution in [0.4, 0.5) is 5.69 Å². The van der Waals surface area contributed by atoms with Crippen LogP contribution in [0.15, 0.2) is 53.6 Å². The molecule has 9 atom stereocenters. The van der Waals surface area contributed by atoms with Crippen molar-refractivity contribution in [2.24, 2.45) is 34.5 Å². The molecule has 4 aliphatic carbocycles. The maximum absolute atomic E-state index is 14.9. The first-order chi connectivity index (χ1) is 19.3. The number of carbonyl (C=O) groups is 2. The Bertz CT molecular complexity index is 1350. The molecule has 1 unspecified atom stereocenters. The molecule has 2 heterocycles. The molecule has 6 aliphatic rings. The number of allylic oxidation sites excluding steroid dienone is 1. The van der Waals surface area contributed by atoms with Crippen molar-refractivity contribution in [2.45, 2.75) is 90.4 Å². The van der Waals surface area contributed by atoms with Crippen molar-refractivity contribution < 1.29 is 28.9 Å². The standard InChI is InChI=1S/C34H43NO6/c1-19-17-33-20(2)15-24-26(31(24,3)4)23(27(33)36)16-21-18-39-32(5,6)41-29(21)34(33,38)28(19)40-30(37)25-13-10-14-35(25)22-11-8-7-9-12-22/h7-9,11-12,16-17,20,23-26,28-29,38H,10,13-15,18H2,1-6H3/t20-,23+,24-,25?,26+,28+,29-,33+,34-/m1/s1. The lowest BCUT2D eigenvalue weighted by Gasteiger charge is -2.52. The Hall–Kier alpha value is -2.48. The maximum atomic E-state index is 14.9. The largest absolute Gasteiger partial charge is 0.453 e. The highest BCUT2D eigenvalue weighted by molar-refractivity contribution is 5.95. The Morgan fingerprint density at radius 3 is 2.61 bits per heavy atom. The van der Waals surface area contributed by atoms with Crippen LogP contribution >= 0.6 is 0 Å². The van der Waals surface area contributed by atoms with Crippen LogP contribution < -0.4 is 4.90 Å². The quantitative estimate of drug-likeness (QED) is 0.418. The van der Waals surface area contributed by atoms with Gasteiger partial charge in [0.15, 0.2) is 23.3 Å². The van der Waals surface area contributed by atoms with Gasteiger partial charge in [0, 0.05) is 18.2 Å². The van der Waals surface area contributed by atoms with Crippen LogP contribution in [0.5, 0.6) is 0 Å². The summed E-state index contributed by atoms with van der Waals surface area (Å²) in [6, 6.07) is 9.46. The molecule has 1 spiro atoms. The average Bonchev–Trinajstić information content (AvgIpc) is 3.21. The summed E-state index contributed by atoms with van der Waals surface area (Å²) in [4.78, 5) is 31.0. The van der Waals surface area contributed by atoms with Gasteiger partial charge in [-0.05, 0) is 86.5 Å². The van der Waals surface area contributed by atoms with Crippen LogP contribution in [0.2, 0.25) is 0 Å². The van der Waals surface area contributed by atoms with Gasteiger partial charge in [-0.25, -0.2) is 4.79 Å². The molecule has 7 rings (SSSR count). The Balaban J connectivity index is 1.32. The van der Waals surface area contributed by atoms with Crippen LogP contribution in [-0.4, -0.2) is 59.6 Å². The summed E-state index contributed by atoms with van der Waals surface area (Å²) in [5.74, 6) is -1.23. The van der Waals surface area contributed by atoms with Gasteiger partial charge >= 0.3 is 5.97 Å². The van der Waals surface area contributed by atoms with Gasteiger partial charge in [-0.2, -0.15) is 0 Å². The molecule has 0 amide bonds. The van der Waals surface area contributed by atoms with Gasteiger partial charge in [0.25, 0.3) is 0 Å². The molecular weight excluding hydrogens is 518 g/mol. The van der Waals surface area contributed by atoms with E-state index in [9.17, 15) is 14.7 Å². The van der Waals surface area contributed by atoms with E-state index >= 15 is 0 Å². The van der Waals surface area contributed by atoms with E-state index in [1.54, 1.807) is 0 Å². The van der Waals surface area contributed by atoms with Crippen molar-refractivity contribution in [2.75, 3.05) is 18.1 Å². The van der Waals surface area contributed by atoms with E-state index in [1.807, 2.05) is 63.3 Å². The third kappa shape index (κ3) is 3.61. The lowest BCUT2D eigenvalue weighted by molar-refractivity contribution is -0.304. The molecule has 2 saturated heterocycles. The average molecular weight is 562 g/mol. The lowest BCUT2D eigenvalue weighted by Crippen LogP contribution is -2.68. The van der Waals surface area contributed by atoms with E-state index in [0.29, 0.717) is 17.9 Å². The third-order valence-electron chi connectivity index (χ3n) is 11.5. The highest BCUT2D eigenvalue weighted by Gasteiger charge is 2.77. The number of benzene rings is 1. The molecule has 4 fully saturated rings. The lowest BCUT2D eigenvalue weighted by atomic mass is 9.59. The van der Waals surface area contributed by atoms with Crippen molar-refractivity contribution in [3.63, 3.8) is 0 Å². The van der Waals surface area contributed by atoms with E-state index in [4.69, 9.17) is 14.2 Å². The number of hydrogen-bond donors (Lipinski definition) is 1. The van der Waals surface area contributed by atoms with E-state index in [-0.39, 0.29) is 41.5 Å². The van der Waals surface area contributed by atoms with E-state index < -0.39 is 35.1 Å². The second-order valence-corrected chi connectivity index (χ2v) is 14.5. The molecule has 220 valence electrons. The maximum Gasteiger partial charge on any atom is 0.329 e. The fourth-order valence-corrected chi connectivity index (χ4v) is 9.43. The number of carbonyl (C=O) groups excluding carboxylic acids is 2. The number of esters is 1. The monoisotopic (exact) mass is 561 g/mol. The second kappa shape index (κ2) is 8.77. The molecular formula is C34H43NO6. The summed E-state index contributed by atoms with van der Waals surface area (Å²) in [6.07, 6.45) is 4.52. The Morgan fingerprint density at radius 1 is 1.15 bits per heavy atom. The van der Waals surface area contributed by atoms with Gasteiger partial charge in [0.2, 0.25) is 0 Å². The molecule has 7 nitrogen and oxygen atoms in total. The van der Waals surface area contributed by atoms with Crippen LogP contribution in [0.1, 0.15) is 60.8 Å². The molecule has 2 aliphatic heterocycles. The number of rotatable bonds is 3. The summed E-state index contributed by atoms with van der Waals surface area (Å²) >= 11 is 0. The normalized spacial score (nSPS) is 43.5. The highest BCUT2D eigenvalue weighted by Crippen LogP contribution is 2.72. The molecule has 0 radical (unpaired) electrons. The summed E-state index contributed by atoms with van der Waals surface area (Å²) in [6.45, 7) is 13.2. The number of hydrogen-bond acceptors (Lipinski definition) is 7. The predicted molar refractivity (Wildman–Crippen MR) is 154 cm³/mol. The minimum absolute atomic E-state index is 0.0264. The third-order valence-corrected chi connectivity index (χ3v) is 11.5. The molecule has 1 N–H and O–H groups in total. The predicted octanol–water partition coefficient (Wildman–Crippen LogP) is 4.83. The number of anilines is 1. The van der Waals surface area contributed by atoms with Crippen LogP contribution in [0, 0.1) is 34.5 Å². The molecule has 1 aromatic rings. The topological polar surface area (TPSA) is 85.3 Å². The minimum Gasteiger partial charge on any atom is -0.453 e. The molecule has 2 bridgehead atoms. The minimum atomic E-state index is -1.79. The van der Waals surface area contributed by atoms with E-state index in [1.165, 1.54) is 0 Å². The first kappa shape index (κ1) is 27.4. The zero-order valence-electron chi connectivity index (χ0n) is 25.1. The fourth-order valence-electron chi connectivity index (χ4n) is 9.43. The van der Waals surface area contributed by atoms with E-state index in [0.717, 1.165) is 30.6 Å². The molecule has 41 heavy (non-hydrogen) atoms. The Labute approximate surface area is 242 Å². The van der Waals surface area contributed by atoms with Crippen molar-refractivity contribution in [1.29, 1.82) is 0 Å². The van der Waals surface area contributed by atoms with Crippen molar-refractivity contribution >= 4 is 17.4 Å². The number of Topliss-reactive ketones (excluding diaryl/α,β-unsaturated/α-hetero) is 1. The number of nitrogens with zero attached hydrogens (tertiary/aromatic N) is 1. The van der Waals surface area contributed by atoms with Gasteiger partial charge in [0.1, 0.15) is 12.1 Å². The Morgan fingerprint density at radius 2 is 1.88 bits per heavy atom. The number of ketones is 1. The van der Waals surface area contributed by atoms with Crippen LogP contribution in [0.25, 0.3) is 0 Å². The van der Waals surface area contributed by atoms with Crippen molar-refractivity contribution in [3.8, 4) is 0 Å². The Kier molecular flexibility index (Phi) is 5.85. The second-order valence-electron chi connectivity index (χ2n) is 14.5. The summed E-state index contributed by atoms with van der Waals surface area (Å²) in [5.41, 5.74) is -0.504. The summed E-state index contributed by atoms with van der Waals surface area (Å²) in [5, 5.41) is 13.2. The smallest absolute Gasteiger partial charge is 0.329 e. The van der Waals surface area contributed by atoms with Gasteiger partial charge < -0.3 is 24.2 Å². The first-order valence-corrected chi connectivity index (χ1v) is 15.3. The number of ether oxygens (including phenoxy) is 3. The van der Waals surface area contributed by atoms with Crippen LogP contribution in [-0.2, 0) is 23.8 Å². The fraction of sp³-hybridized carbons (Fsp3) is 0.647. The zero-order chi connectivity index (χ0) is 29.1. The molecule has 2 saturated carbocycles. The summed E-state index contributed by atoms with van der Waals surface area (Å²) < 4.78 is 19.0. The number of fused-ring (bicyclic) bond motifs is 5. The van der Waals surface area contributed by atoms with E-state index in [2.05, 4.69) is 25.7 Å². The molecule has 7 heteroatoms. The van der Waals surface area contributed by atoms with Crippen LogP contribution in [0.3, 0.4) is 0 Å². The highest BCUT2D eigenvalue weighted by atomic mass is 16.7. The van der Waals surface area contributed by atoms with Gasteiger partial charge in [-0.15, -0.1) is 0 Å². The zero-order valence-corrected chi connectivity index (χ0v) is 25.1. The summed E-state index contributed by atoms with van der Waals surface area (Å²) in [7, 11) is 0. The van der Waals surface area contributed by atoms with Crippen molar-refractivity contribution in [3.05, 3.63) is 53.6 Å². The number of para-hydroxylation sites is 1. The van der Waals surface area contributed by atoms with Gasteiger partial charge in [0.05, 0.1) is 12.0 Å². The SMILES string of the molecule is CC1=C[C@]23C(=O)[C@@H](C=C4COC(C)(C)O[C@H]4[C@]2(O)[C@H]1OC(=O)C1CCCN1c1ccccc1)[C@H]1[C@@H](C[C@H]3C)C1(C)C. The van der Waals surface area contributed by atoms with Gasteiger partial charge in [-0.1, -0.05) is 51.1 Å². The van der Waals surface area contributed by atoms with Crippen molar-refractivity contribution in [1.82, 2.24) is 0 Å². The van der Waals surface area contributed by atoms with Gasteiger partial charge in [-0.3, -0.25) is 4.79 Å².